The Bertz CT molecular complexity index is 782. The van der Waals surface area contributed by atoms with Gasteiger partial charge in [-0.3, -0.25) is 9.59 Å². The third-order valence-corrected chi connectivity index (χ3v) is 5.74. The number of nitrogens with zero attached hydrogens (tertiary/aromatic N) is 1. The van der Waals surface area contributed by atoms with E-state index in [2.05, 4.69) is 34.6 Å². The zero-order valence-corrected chi connectivity index (χ0v) is 16.1. The van der Waals surface area contributed by atoms with Crippen LogP contribution in [0, 0.1) is 18.8 Å². The molecule has 1 fully saturated rings. The van der Waals surface area contributed by atoms with E-state index in [9.17, 15) is 14.7 Å². The van der Waals surface area contributed by atoms with Gasteiger partial charge in [-0.2, -0.15) is 0 Å². The lowest BCUT2D eigenvalue weighted by Crippen LogP contribution is -2.39. The minimum atomic E-state index is -0.875. The fourth-order valence-corrected chi connectivity index (χ4v) is 4.05. The van der Waals surface area contributed by atoms with Gasteiger partial charge in [0.25, 0.3) is 5.91 Å². The van der Waals surface area contributed by atoms with E-state index in [0.29, 0.717) is 38.2 Å². The van der Waals surface area contributed by atoms with E-state index in [1.165, 1.54) is 16.9 Å². The average molecular weight is 388 g/mol. The molecule has 27 heavy (non-hydrogen) atoms. The summed E-state index contributed by atoms with van der Waals surface area (Å²) in [5.74, 6) is -1.76. The van der Waals surface area contributed by atoms with E-state index >= 15 is 0 Å². The van der Waals surface area contributed by atoms with Crippen molar-refractivity contribution in [3.8, 4) is 0 Å². The van der Waals surface area contributed by atoms with Crippen LogP contribution in [0.15, 0.2) is 29.6 Å². The van der Waals surface area contributed by atoms with E-state index in [-0.39, 0.29) is 18.4 Å². The van der Waals surface area contributed by atoms with Crippen molar-refractivity contribution in [2.45, 2.75) is 26.2 Å². The number of carbonyl (C=O) groups excluding carboxylic acids is 1. The van der Waals surface area contributed by atoms with E-state index in [0.717, 1.165) is 10.6 Å². The van der Waals surface area contributed by atoms with Gasteiger partial charge in [-0.25, -0.2) is 4.98 Å². The zero-order chi connectivity index (χ0) is 19.2. The summed E-state index contributed by atoms with van der Waals surface area (Å²) in [6.45, 7) is 3.32. The quantitative estimate of drug-likeness (QED) is 0.761. The molecule has 144 valence electrons. The molecule has 2 N–H and O–H groups in total. The van der Waals surface area contributed by atoms with Gasteiger partial charge in [-0.15, -0.1) is 11.3 Å². The minimum absolute atomic E-state index is 0.0316. The fraction of sp³-hybridized carbons (Fsp3) is 0.450. The molecule has 0 bridgehead atoms. The van der Waals surface area contributed by atoms with Gasteiger partial charge in [0.2, 0.25) is 0 Å². The Balaban J connectivity index is 1.56. The number of thiazole rings is 1. The Morgan fingerprint density at radius 1 is 1.30 bits per heavy atom. The molecule has 6 nitrogen and oxygen atoms in total. The summed E-state index contributed by atoms with van der Waals surface area (Å²) in [6.07, 6.45) is 2.10. The van der Waals surface area contributed by atoms with Crippen molar-refractivity contribution >= 4 is 23.2 Å². The average Bonchev–Trinajstić information content (AvgIpc) is 3.13. The number of aromatic nitrogens is 1. The molecule has 1 aromatic carbocycles. The van der Waals surface area contributed by atoms with Gasteiger partial charge in [0.15, 0.2) is 0 Å². The van der Waals surface area contributed by atoms with E-state index in [1.54, 1.807) is 5.38 Å². The summed E-state index contributed by atoms with van der Waals surface area (Å²) in [7, 11) is 0. The number of aryl methyl sites for hydroxylation is 1. The molecule has 0 saturated carbocycles. The Hall–Kier alpha value is -2.25. The zero-order valence-electron chi connectivity index (χ0n) is 15.3. The van der Waals surface area contributed by atoms with Crippen molar-refractivity contribution in [2.75, 3.05) is 19.8 Å². The number of aliphatic carboxylic acids is 1. The molecule has 1 aliphatic rings. The predicted octanol–water partition coefficient (Wildman–Crippen LogP) is 2.90. The highest BCUT2D eigenvalue weighted by molar-refractivity contribution is 7.09. The van der Waals surface area contributed by atoms with E-state index < -0.39 is 11.9 Å². The molecule has 1 aliphatic heterocycles. The summed E-state index contributed by atoms with van der Waals surface area (Å²) < 4.78 is 5.29. The number of amides is 1. The second-order valence-corrected chi connectivity index (χ2v) is 7.84. The molecule has 1 aromatic heterocycles. The molecular weight excluding hydrogens is 364 g/mol. The maximum atomic E-state index is 12.4. The number of carboxylic acids is 1. The van der Waals surface area contributed by atoms with Gasteiger partial charge < -0.3 is 15.2 Å². The van der Waals surface area contributed by atoms with Crippen LogP contribution in [0.2, 0.25) is 0 Å². The topological polar surface area (TPSA) is 88.5 Å². The number of rotatable bonds is 7. The van der Waals surface area contributed by atoms with Crippen LogP contribution in [-0.2, 0) is 16.0 Å². The van der Waals surface area contributed by atoms with Crippen LogP contribution in [0.25, 0.3) is 0 Å². The lowest BCUT2D eigenvalue weighted by Gasteiger charge is -2.27. The second kappa shape index (κ2) is 9.10. The van der Waals surface area contributed by atoms with Crippen molar-refractivity contribution in [1.82, 2.24) is 10.3 Å². The summed E-state index contributed by atoms with van der Waals surface area (Å²) in [6, 6.07) is 8.22. The number of ether oxygens (including phenoxy) is 1. The van der Waals surface area contributed by atoms with Crippen LogP contribution in [0.4, 0.5) is 0 Å². The Morgan fingerprint density at radius 3 is 2.67 bits per heavy atom. The SMILES string of the molecule is Cc1ccc(Cc2nc(C(=O)NCC(C(=O)O)C3CCOCC3)cs2)cc1. The highest BCUT2D eigenvalue weighted by Gasteiger charge is 2.30. The van der Waals surface area contributed by atoms with Gasteiger partial charge >= 0.3 is 5.97 Å². The standard InChI is InChI=1S/C20H24N2O4S/c1-13-2-4-14(5-3-13)10-18-22-17(12-27-18)19(23)21-11-16(20(24)25)15-6-8-26-9-7-15/h2-5,12,15-16H,6-11H2,1H3,(H,21,23)(H,24,25). The number of carbonyl (C=O) groups is 2. The molecule has 0 aliphatic carbocycles. The van der Waals surface area contributed by atoms with Crippen molar-refractivity contribution in [1.29, 1.82) is 0 Å². The van der Waals surface area contributed by atoms with Crippen LogP contribution in [-0.4, -0.2) is 41.7 Å². The second-order valence-electron chi connectivity index (χ2n) is 6.89. The van der Waals surface area contributed by atoms with Crippen LogP contribution in [0.5, 0.6) is 0 Å². The van der Waals surface area contributed by atoms with Crippen LogP contribution in [0.1, 0.15) is 39.5 Å². The summed E-state index contributed by atoms with van der Waals surface area (Å²) >= 11 is 1.44. The highest BCUT2D eigenvalue weighted by Crippen LogP contribution is 2.24. The summed E-state index contributed by atoms with van der Waals surface area (Å²) in [5.41, 5.74) is 2.70. The molecule has 1 atom stereocenters. The Morgan fingerprint density at radius 2 is 2.00 bits per heavy atom. The number of nitrogens with one attached hydrogen (secondary N) is 1. The lowest BCUT2D eigenvalue weighted by atomic mass is 9.86. The molecular formula is C20H24N2O4S. The lowest BCUT2D eigenvalue weighted by molar-refractivity contribution is -0.144. The molecule has 1 amide bonds. The Labute approximate surface area is 162 Å². The van der Waals surface area contributed by atoms with Gasteiger partial charge in [0, 0.05) is 31.6 Å². The smallest absolute Gasteiger partial charge is 0.308 e. The molecule has 1 unspecified atom stereocenters. The van der Waals surface area contributed by atoms with E-state index in [1.807, 2.05) is 6.92 Å². The number of benzene rings is 1. The third kappa shape index (κ3) is 5.37. The van der Waals surface area contributed by atoms with E-state index in [4.69, 9.17) is 4.74 Å². The van der Waals surface area contributed by atoms with Gasteiger partial charge in [0.05, 0.1) is 10.9 Å². The van der Waals surface area contributed by atoms with Crippen LogP contribution in [0.3, 0.4) is 0 Å². The largest absolute Gasteiger partial charge is 0.481 e. The summed E-state index contributed by atoms with van der Waals surface area (Å²) in [5, 5.41) is 14.8. The molecule has 2 heterocycles. The van der Waals surface area contributed by atoms with Crippen molar-refractivity contribution in [2.24, 2.45) is 11.8 Å². The fourth-order valence-electron chi connectivity index (χ4n) is 3.24. The molecule has 3 rings (SSSR count). The normalized spacial score (nSPS) is 16.0. The first kappa shape index (κ1) is 19.5. The molecule has 0 radical (unpaired) electrons. The highest BCUT2D eigenvalue weighted by atomic mass is 32.1. The van der Waals surface area contributed by atoms with Crippen molar-refractivity contribution < 1.29 is 19.4 Å². The minimum Gasteiger partial charge on any atom is -0.481 e. The number of hydrogen-bond acceptors (Lipinski definition) is 5. The predicted molar refractivity (Wildman–Crippen MR) is 103 cm³/mol. The van der Waals surface area contributed by atoms with Gasteiger partial charge in [-0.05, 0) is 31.2 Å². The van der Waals surface area contributed by atoms with Crippen molar-refractivity contribution in [3.05, 3.63) is 51.5 Å². The first-order chi connectivity index (χ1) is 13.0. The summed E-state index contributed by atoms with van der Waals surface area (Å²) in [4.78, 5) is 28.4. The van der Waals surface area contributed by atoms with Crippen LogP contribution < -0.4 is 5.32 Å². The van der Waals surface area contributed by atoms with Gasteiger partial charge in [0.1, 0.15) is 5.69 Å². The number of carboxylic acid groups (broad SMARTS) is 1. The molecule has 2 aromatic rings. The maximum absolute atomic E-state index is 12.4. The molecule has 0 spiro atoms. The van der Waals surface area contributed by atoms with Crippen LogP contribution >= 0.6 is 11.3 Å². The van der Waals surface area contributed by atoms with Crippen molar-refractivity contribution in [3.63, 3.8) is 0 Å². The molecule has 1 saturated heterocycles. The monoisotopic (exact) mass is 388 g/mol. The third-order valence-electron chi connectivity index (χ3n) is 4.90. The number of hydrogen-bond donors (Lipinski definition) is 2. The first-order valence-electron chi connectivity index (χ1n) is 9.11. The Kier molecular flexibility index (Phi) is 6.58. The van der Waals surface area contributed by atoms with Gasteiger partial charge in [-0.1, -0.05) is 29.8 Å². The molecule has 7 heteroatoms. The maximum Gasteiger partial charge on any atom is 0.308 e. The first-order valence-corrected chi connectivity index (χ1v) is 9.99.